The number of imidazole rings is 1. The number of aromatic hydroxyl groups is 1. The predicted octanol–water partition coefficient (Wildman–Crippen LogP) is 20.3. The van der Waals surface area contributed by atoms with Crippen LogP contribution in [0.25, 0.3) is 106 Å². The third kappa shape index (κ3) is 10.8. The summed E-state index contributed by atoms with van der Waals surface area (Å²) in [6.07, 6.45) is 4.14. The predicted molar refractivity (Wildman–Crippen MR) is 347 cm³/mol. The average Bonchev–Trinajstić information content (AvgIpc) is 1.83. The Morgan fingerprint density at radius 2 is 0.988 bits per heavy atom. The number of phenolic OH excluding ortho intramolecular Hbond substituents is 1. The van der Waals surface area contributed by atoms with Crippen molar-refractivity contribution in [2.24, 2.45) is 5.92 Å². The zero-order valence-corrected chi connectivity index (χ0v) is 49.4. The molecule has 0 amide bonds. The van der Waals surface area contributed by atoms with Gasteiger partial charge in [-0.25, -0.2) is 4.98 Å². The quantitative estimate of drug-likeness (QED) is 0.0872. The summed E-state index contributed by atoms with van der Waals surface area (Å²) in [4.78, 5) is 10.8. The van der Waals surface area contributed by atoms with Crippen LogP contribution in [-0.4, -0.2) is 19.6 Å². The summed E-state index contributed by atoms with van der Waals surface area (Å²) in [5, 5.41) is 13.0. The Bertz CT molecular complexity index is 4510. The van der Waals surface area contributed by atoms with Crippen LogP contribution < -0.4 is 0 Å². The third-order valence-corrected chi connectivity index (χ3v) is 17.1. The molecule has 0 atom stereocenters. The Morgan fingerprint density at radius 3 is 1.60 bits per heavy atom. The molecule has 14 rings (SSSR count). The standard InChI is InChI=1S/C80H62N3O.Pt/c1-80(67-33-16-6-17-34-67,68-35-18-7-19-36-68)69-42-40-59(41-43-69)62-45-46-81-74(54-62)66-50-63(57-25-8-2-9-26-57)49-65(51-66)70-37-22-38-76-77(70)82-79(73-53-64(58-27-10-3-11-28-58)52-72(78(73)84)61-31-14-5-15-32-61)83(76)75-44-39-56(47-55-23-20-21-24-55)48-71(75)60-29-12-4-13-30-60;/h2-19,22,25-46,48-50,52-55,84H,20-21,23-24,47H2,1H3;/q-1;/i47D2;. The minimum absolute atomic E-state index is 0. The minimum Gasteiger partial charge on any atom is -0.507 e. The van der Waals surface area contributed by atoms with Crippen LogP contribution >= 0.6 is 0 Å². The Morgan fingerprint density at radius 1 is 0.471 bits per heavy atom. The molecule has 1 aliphatic rings. The second-order valence-corrected chi connectivity index (χ2v) is 22.2. The van der Waals surface area contributed by atoms with Gasteiger partial charge in [0, 0.05) is 52.2 Å². The maximum absolute atomic E-state index is 13.0. The Balaban J connectivity index is 0.00000700. The molecule has 0 radical (unpaired) electrons. The summed E-state index contributed by atoms with van der Waals surface area (Å²) in [5.74, 6) is 0.570. The Hall–Kier alpha value is -9.47. The zero-order valence-electron chi connectivity index (χ0n) is 49.1. The summed E-state index contributed by atoms with van der Waals surface area (Å²) >= 11 is 0. The van der Waals surface area contributed by atoms with Gasteiger partial charge in [-0.3, -0.25) is 9.55 Å². The first-order valence-corrected chi connectivity index (χ1v) is 29.2. The van der Waals surface area contributed by atoms with Crippen molar-refractivity contribution < 1.29 is 28.9 Å². The number of benzene rings is 11. The zero-order chi connectivity index (χ0) is 58.2. The number of aromatic nitrogens is 3. The molecule has 11 aromatic carbocycles. The number of nitrogens with zero attached hydrogens (tertiary/aromatic N) is 3. The van der Waals surface area contributed by atoms with Crippen molar-refractivity contribution in [2.75, 3.05) is 0 Å². The molecule has 1 saturated carbocycles. The first-order valence-electron chi connectivity index (χ1n) is 30.2. The maximum atomic E-state index is 13.0. The van der Waals surface area contributed by atoms with Gasteiger partial charge in [0.25, 0.3) is 0 Å². The van der Waals surface area contributed by atoms with Crippen molar-refractivity contribution in [3.8, 4) is 101 Å². The van der Waals surface area contributed by atoms with Gasteiger partial charge >= 0.3 is 0 Å². The van der Waals surface area contributed by atoms with E-state index in [0.717, 1.165) is 109 Å². The van der Waals surface area contributed by atoms with E-state index in [1.807, 2.05) is 85.1 Å². The second kappa shape index (κ2) is 24.0. The van der Waals surface area contributed by atoms with Crippen molar-refractivity contribution in [3.05, 3.63) is 314 Å². The van der Waals surface area contributed by atoms with Gasteiger partial charge < -0.3 is 5.11 Å². The van der Waals surface area contributed by atoms with Crippen LogP contribution in [0.15, 0.2) is 285 Å². The van der Waals surface area contributed by atoms with Gasteiger partial charge in [-0.2, -0.15) is 0 Å². The van der Waals surface area contributed by atoms with Crippen LogP contribution in [0.2, 0.25) is 0 Å². The molecule has 0 spiro atoms. The van der Waals surface area contributed by atoms with Crippen molar-refractivity contribution in [1.82, 2.24) is 14.5 Å². The van der Waals surface area contributed by atoms with Crippen LogP contribution in [-0.2, 0) is 32.9 Å². The molecule has 2 heterocycles. The molecule has 0 aliphatic heterocycles. The number of para-hydroxylation sites is 1. The minimum atomic E-state index is -1.54. The topological polar surface area (TPSA) is 50.9 Å². The monoisotopic (exact) mass is 1280 g/mol. The van der Waals surface area contributed by atoms with Gasteiger partial charge in [-0.1, -0.05) is 273 Å². The van der Waals surface area contributed by atoms with Crippen LogP contribution in [0.1, 0.15) is 57.6 Å². The fraction of sp³-hybridized carbons (Fsp3) is 0.100. The largest absolute Gasteiger partial charge is 0.507 e. The van der Waals surface area contributed by atoms with Crippen molar-refractivity contribution in [3.63, 3.8) is 0 Å². The van der Waals surface area contributed by atoms with E-state index in [0.29, 0.717) is 28.0 Å². The smallest absolute Gasteiger partial charge is 0.148 e. The molecular weight excluding hydrogens is 1210 g/mol. The molecule has 0 saturated heterocycles. The second-order valence-electron chi connectivity index (χ2n) is 22.2. The van der Waals surface area contributed by atoms with E-state index in [9.17, 15) is 7.85 Å². The van der Waals surface area contributed by atoms with Crippen molar-refractivity contribution >= 4 is 11.0 Å². The molecule has 0 unspecified atom stereocenters. The van der Waals surface area contributed by atoms with E-state index in [4.69, 9.17) is 9.97 Å². The van der Waals surface area contributed by atoms with Crippen LogP contribution in [0.5, 0.6) is 5.75 Å². The SMILES string of the molecule is [2H]C([2H])(c1ccc(-n2c(-c3cc(-c4ccccc4)cc(-c4ccccc4)c3O)nc3c(-c4[c-]c(-c5cc(-c6ccc(C(C)(c7ccccc7)c7ccccc7)cc6)ccn5)cc(-c5ccccc5)c4)cccc32)c(-c2ccccc2)c1)C1CCCC1.[Pt]. The maximum Gasteiger partial charge on any atom is 0.148 e. The fourth-order valence-electron chi connectivity index (χ4n) is 12.6. The summed E-state index contributed by atoms with van der Waals surface area (Å²) < 4.78 is 21.5. The number of hydrogen-bond acceptors (Lipinski definition) is 3. The summed E-state index contributed by atoms with van der Waals surface area (Å²) in [6, 6.07) is 100. The third-order valence-electron chi connectivity index (χ3n) is 17.1. The van der Waals surface area contributed by atoms with Gasteiger partial charge in [-0.05, 0) is 117 Å². The molecule has 414 valence electrons. The Kier molecular flexibility index (Phi) is 14.8. The van der Waals surface area contributed by atoms with Crippen molar-refractivity contribution in [2.45, 2.75) is 44.4 Å². The van der Waals surface area contributed by atoms with E-state index in [1.165, 1.54) is 16.7 Å². The van der Waals surface area contributed by atoms with Crippen LogP contribution in [0.4, 0.5) is 0 Å². The van der Waals surface area contributed by atoms with Gasteiger partial charge in [0.1, 0.15) is 11.6 Å². The molecule has 1 N–H and O–H groups in total. The summed E-state index contributed by atoms with van der Waals surface area (Å²) in [7, 11) is 0. The number of rotatable bonds is 14. The Labute approximate surface area is 516 Å². The van der Waals surface area contributed by atoms with Gasteiger partial charge in [0.15, 0.2) is 0 Å². The molecule has 85 heavy (non-hydrogen) atoms. The normalized spacial score (nSPS) is 13.0. The van der Waals surface area contributed by atoms with Crippen LogP contribution in [0.3, 0.4) is 0 Å². The summed E-state index contributed by atoms with van der Waals surface area (Å²) in [5.41, 5.74) is 19.6. The molecule has 5 heteroatoms. The molecular formula is C80H62N3OPt-. The first kappa shape index (κ1) is 52.3. The van der Waals surface area contributed by atoms with Gasteiger partial charge in [-0.15, -0.1) is 23.8 Å². The van der Waals surface area contributed by atoms with E-state index in [1.54, 1.807) is 0 Å². The number of pyridine rings is 1. The molecule has 1 fully saturated rings. The van der Waals surface area contributed by atoms with E-state index >= 15 is 0 Å². The fourth-order valence-corrected chi connectivity index (χ4v) is 12.6. The van der Waals surface area contributed by atoms with Crippen LogP contribution in [0, 0.1) is 12.0 Å². The molecule has 13 aromatic rings. The molecule has 2 aromatic heterocycles. The molecule has 4 nitrogen and oxygen atoms in total. The van der Waals surface area contributed by atoms with Gasteiger partial charge in [0.05, 0.1) is 22.3 Å². The summed E-state index contributed by atoms with van der Waals surface area (Å²) in [6.45, 7) is 2.31. The molecule has 0 bridgehead atoms. The number of phenols is 1. The van der Waals surface area contributed by atoms with Crippen molar-refractivity contribution in [1.29, 1.82) is 0 Å². The van der Waals surface area contributed by atoms with E-state index in [2.05, 4.69) is 218 Å². The molecule has 1 aliphatic carbocycles. The first-order chi connectivity index (χ1) is 42.2. The number of hydrogen-bond donors (Lipinski definition) is 1. The van der Waals surface area contributed by atoms with E-state index in [-0.39, 0.29) is 38.1 Å². The number of fused-ring (bicyclic) bond motifs is 1. The van der Waals surface area contributed by atoms with Gasteiger partial charge in [0.2, 0.25) is 0 Å². The average molecular weight is 1280 g/mol. The van der Waals surface area contributed by atoms with E-state index < -0.39 is 6.37 Å².